The first kappa shape index (κ1) is 20.3. The number of hydrogen-bond acceptors (Lipinski definition) is 2. The molecular formula is C22H20IN3OU. The van der Waals surface area contributed by atoms with Crippen LogP contribution in [0.15, 0.2) is 41.4 Å². The Bertz CT molecular complexity index is 1050. The first-order valence-electron chi connectivity index (χ1n) is 9.20. The van der Waals surface area contributed by atoms with E-state index in [2.05, 4.69) is 59.0 Å². The van der Waals surface area contributed by atoms with Crippen LogP contribution in [0.2, 0.25) is 0 Å². The van der Waals surface area contributed by atoms with E-state index in [9.17, 15) is 0 Å². The Labute approximate surface area is 202 Å². The molecule has 3 N–H and O–H groups in total. The molecule has 0 spiro atoms. The van der Waals surface area contributed by atoms with E-state index in [4.69, 9.17) is 15.5 Å². The number of rotatable bonds is 5. The first-order chi connectivity index (χ1) is 13.1. The largest absolute Gasteiger partial charge is 2.00 e. The molecule has 28 heavy (non-hydrogen) atoms. The summed E-state index contributed by atoms with van der Waals surface area (Å²) in [7, 11) is 3.42. The zero-order valence-electron chi connectivity index (χ0n) is 15.4. The monoisotopic (exact) mass is 707 g/mol. The zero-order chi connectivity index (χ0) is 18.6. The Morgan fingerprint density at radius 1 is 1.29 bits per heavy atom. The van der Waals surface area contributed by atoms with Crippen LogP contribution in [0.5, 0.6) is 5.75 Å². The third-order valence-corrected chi connectivity index (χ3v) is 6.56. The predicted octanol–water partition coefficient (Wildman–Crippen LogP) is 5.34. The van der Waals surface area contributed by atoms with Crippen molar-refractivity contribution in [3.05, 3.63) is 64.4 Å². The van der Waals surface area contributed by atoms with Gasteiger partial charge in [0.2, 0.25) is 0 Å². The van der Waals surface area contributed by atoms with Gasteiger partial charge in [0.25, 0.3) is 0 Å². The Kier molecular flexibility index (Phi) is 5.58. The number of nitrogens with two attached hydrogens (primary N) is 1. The van der Waals surface area contributed by atoms with Crippen molar-refractivity contribution in [1.82, 2.24) is 4.98 Å². The van der Waals surface area contributed by atoms with Gasteiger partial charge in [0, 0.05) is 25.6 Å². The van der Waals surface area contributed by atoms with E-state index in [0.29, 0.717) is 17.5 Å². The van der Waals surface area contributed by atoms with Crippen molar-refractivity contribution in [2.45, 2.75) is 37.0 Å². The van der Waals surface area contributed by atoms with E-state index < -0.39 is 0 Å². The molecule has 0 unspecified atom stereocenters. The summed E-state index contributed by atoms with van der Waals surface area (Å²) in [5, 5.41) is 1.21. The molecule has 5 rings (SSSR count). The van der Waals surface area contributed by atoms with Crippen molar-refractivity contribution >= 4 is 45.0 Å². The number of amidine groups is 1. The summed E-state index contributed by atoms with van der Waals surface area (Å²) in [5.74, 6) is 2.02. The number of hydrogen-bond donors (Lipinski definition) is 2. The third-order valence-electron chi connectivity index (χ3n) is 5.70. The van der Waals surface area contributed by atoms with Crippen molar-refractivity contribution in [2.75, 3.05) is 0 Å². The van der Waals surface area contributed by atoms with Gasteiger partial charge in [0.1, 0.15) is 0 Å². The molecule has 3 aromatic rings. The van der Waals surface area contributed by atoms with Crippen LogP contribution in [-0.2, 0) is 5.41 Å². The fraction of sp³-hybridized carbons (Fsp3) is 0.273. The topological polar surface area (TPSA) is 63.4 Å². The maximum atomic E-state index is 6.51. The minimum atomic E-state index is -0.175. The summed E-state index contributed by atoms with van der Waals surface area (Å²) in [6.45, 7) is 0. The SMILES string of the molecule is [CH2-]Oc1[c-]cc(C2(C(N)=Nc3cc4cc(C5CC5)[nH]c4cc3I)CC2)cc1.[U+2]. The fourth-order valence-electron chi connectivity index (χ4n) is 3.72. The van der Waals surface area contributed by atoms with Crippen LogP contribution in [0.3, 0.4) is 0 Å². The summed E-state index contributed by atoms with van der Waals surface area (Å²) in [5.41, 5.74) is 10.9. The van der Waals surface area contributed by atoms with E-state index in [1.54, 1.807) is 0 Å². The molecule has 140 valence electrons. The standard InChI is InChI=1S/C22H20IN3O.U/c1-27-16-6-4-15(5-7-16)22(8-9-22)21(24)26-20-11-14-10-18(13-2-3-13)25-19(14)12-17(20)23;/h4-6,10-13,25H,1-3,8-9H2,(H2,24,26);/q-2;+2. The van der Waals surface area contributed by atoms with Crippen molar-refractivity contribution in [2.24, 2.45) is 10.7 Å². The van der Waals surface area contributed by atoms with Gasteiger partial charge in [0.05, 0.1) is 11.5 Å². The Balaban J connectivity index is 0.00000192. The van der Waals surface area contributed by atoms with Gasteiger partial charge >= 0.3 is 31.1 Å². The summed E-state index contributed by atoms with van der Waals surface area (Å²) in [6, 6.07) is 15.5. The second kappa shape index (κ2) is 7.70. The maximum absolute atomic E-state index is 6.51. The van der Waals surface area contributed by atoms with Gasteiger partial charge in [0.15, 0.2) is 0 Å². The molecule has 4 nitrogen and oxygen atoms in total. The maximum Gasteiger partial charge on any atom is 2.00 e. The normalized spacial score (nSPS) is 18.0. The number of aromatic amines is 1. The second-order valence-electron chi connectivity index (χ2n) is 7.55. The number of halogens is 1. The van der Waals surface area contributed by atoms with Crippen molar-refractivity contribution in [3.8, 4) is 5.75 Å². The average Bonchev–Trinajstić information content (AvgIpc) is 3.59. The number of nitrogens with zero attached hydrogens (tertiary/aromatic N) is 1. The smallest absolute Gasteiger partial charge is 0.683 e. The molecule has 2 aromatic carbocycles. The summed E-state index contributed by atoms with van der Waals surface area (Å²) < 4.78 is 6.07. The molecular weight excluding hydrogens is 687 g/mol. The van der Waals surface area contributed by atoms with Gasteiger partial charge < -0.3 is 15.5 Å². The molecule has 2 aliphatic rings. The number of nitrogens with one attached hydrogen (secondary N) is 1. The Morgan fingerprint density at radius 2 is 2.07 bits per heavy atom. The Morgan fingerprint density at radius 3 is 2.68 bits per heavy atom. The minimum Gasteiger partial charge on any atom is -0.683 e. The average molecular weight is 707 g/mol. The van der Waals surface area contributed by atoms with Crippen LogP contribution in [0.25, 0.3) is 10.9 Å². The van der Waals surface area contributed by atoms with Gasteiger partial charge in [-0.2, -0.15) is 19.2 Å². The van der Waals surface area contributed by atoms with Crippen LogP contribution in [-0.4, -0.2) is 10.8 Å². The number of fused-ring (bicyclic) bond motifs is 1. The molecule has 2 saturated carbocycles. The van der Waals surface area contributed by atoms with E-state index >= 15 is 0 Å². The van der Waals surface area contributed by atoms with E-state index in [1.807, 2.05) is 18.2 Å². The molecule has 2 fully saturated rings. The van der Waals surface area contributed by atoms with Crippen LogP contribution >= 0.6 is 22.6 Å². The predicted molar refractivity (Wildman–Crippen MR) is 116 cm³/mol. The van der Waals surface area contributed by atoms with Crippen LogP contribution in [0, 0.1) is 47.9 Å². The van der Waals surface area contributed by atoms with Gasteiger partial charge in [-0.3, -0.25) is 0 Å². The van der Waals surface area contributed by atoms with Crippen LogP contribution in [0.1, 0.15) is 42.9 Å². The third kappa shape index (κ3) is 3.64. The van der Waals surface area contributed by atoms with E-state index in [0.717, 1.165) is 27.7 Å². The summed E-state index contributed by atoms with van der Waals surface area (Å²) >= 11 is 2.34. The molecule has 2 aliphatic carbocycles. The number of aliphatic imine (C=N–C) groups is 1. The number of ether oxygens (including phenoxy) is 1. The summed E-state index contributed by atoms with van der Waals surface area (Å²) in [4.78, 5) is 8.40. The molecule has 1 aromatic heterocycles. The number of aromatic nitrogens is 1. The number of benzene rings is 2. The first-order valence-corrected chi connectivity index (χ1v) is 10.3. The quantitative estimate of drug-likeness (QED) is 0.163. The van der Waals surface area contributed by atoms with Gasteiger partial charge in [-0.15, -0.1) is 17.7 Å². The van der Waals surface area contributed by atoms with Crippen LogP contribution in [0.4, 0.5) is 5.69 Å². The van der Waals surface area contributed by atoms with Crippen molar-refractivity contribution < 1.29 is 35.9 Å². The zero-order valence-corrected chi connectivity index (χ0v) is 21.7. The van der Waals surface area contributed by atoms with E-state index in [1.165, 1.54) is 29.4 Å². The van der Waals surface area contributed by atoms with Crippen molar-refractivity contribution in [1.29, 1.82) is 0 Å². The minimum absolute atomic E-state index is 0. The molecule has 6 heteroatoms. The molecule has 0 atom stereocenters. The summed E-state index contributed by atoms with van der Waals surface area (Å²) in [6.07, 6.45) is 4.60. The molecule has 0 radical (unpaired) electrons. The van der Waals surface area contributed by atoms with Crippen LogP contribution < -0.4 is 10.5 Å². The number of H-pyrrole nitrogens is 1. The second-order valence-corrected chi connectivity index (χ2v) is 8.72. The molecule has 0 amide bonds. The van der Waals surface area contributed by atoms with Gasteiger partial charge in [-0.1, -0.05) is 0 Å². The molecule has 1 heterocycles. The molecule has 0 aliphatic heterocycles. The fourth-order valence-corrected chi connectivity index (χ4v) is 4.30. The van der Waals surface area contributed by atoms with E-state index in [-0.39, 0.29) is 36.5 Å². The Hall–Kier alpha value is -0.968. The van der Waals surface area contributed by atoms with Gasteiger partial charge in [-0.05, 0) is 78.1 Å². The molecule has 0 bridgehead atoms. The van der Waals surface area contributed by atoms with Crippen molar-refractivity contribution in [3.63, 3.8) is 0 Å². The molecule has 0 saturated heterocycles. The van der Waals surface area contributed by atoms with Gasteiger partial charge in [-0.25, -0.2) is 4.99 Å².